The predicted molar refractivity (Wildman–Crippen MR) is 73.1 cm³/mol. The van der Waals surface area contributed by atoms with Crippen molar-refractivity contribution in [2.75, 3.05) is 20.1 Å². The zero-order valence-electron chi connectivity index (χ0n) is 11.1. The molecule has 0 heterocycles. The molecule has 0 aliphatic heterocycles. The molecule has 3 heteroatoms. The minimum Gasteiger partial charge on any atom is -0.345 e. The Labute approximate surface area is 109 Å². The highest BCUT2D eigenvalue weighted by atomic mass is 16.2. The number of nitrogens with two attached hydrogens (primary N) is 1. The van der Waals surface area contributed by atoms with Crippen LogP contribution < -0.4 is 5.73 Å². The zero-order valence-corrected chi connectivity index (χ0v) is 11.1. The number of rotatable bonds is 5. The van der Waals surface area contributed by atoms with E-state index in [0.717, 1.165) is 32.2 Å². The molecule has 1 fully saturated rings. The summed E-state index contributed by atoms with van der Waals surface area (Å²) >= 11 is 0. The summed E-state index contributed by atoms with van der Waals surface area (Å²) in [6.07, 6.45) is 3.95. The second kappa shape index (κ2) is 5.53. The molecule has 2 rings (SSSR count). The molecule has 0 atom stereocenters. The highest BCUT2D eigenvalue weighted by molar-refractivity contribution is 5.83. The molecule has 0 bridgehead atoms. The molecule has 0 spiro atoms. The van der Waals surface area contributed by atoms with Gasteiger partial charge in [0.05, 0.1) is 5.41 Å². The Hall–Kier alpha value is -1.35. The molecule has 1 aliphatic carbocycles. The lowest BCUT2D eigenvalue weighted by Crippen LogP contribution is -2.51. The summed E-state index contributed by atoms with van der Waals surface area (Å²) in [6, 6.07) is 10.3. The fraction of sp³-hybridized carbons (Fsp3) is 0.533. The molecule has 1 amide bonds. The first kappa shape index (κ1) is 13.1. The van der Waals surface area contributed by atoms with E-state index in [9.17, 15) is 4.79 Å². The highest BCUT2D eigenvalue weighted by Gasteiger charge is 2.44. The maximum absolute atomic E-state index is 12.3. The van der Waals surface area contributed by atoms with E-state index in [1.54, 1.807) is 0 Å². The SMILES string of the molecule is CN(CCc1ccccc1)C(=O)C1(CN)CCC1. The molecule has 0 radical (unpaired) electrons. The van der Waals surface area contributed by atoms with Crippen molar-refractivity contribution in [2.45, 2.75) is 25.7 Å². The number of hydrogen-bond acceptors (Lipinski definition) is 2. The van der Waals surface area contributed by atoms with E-state index in [1.807, 2.05) is 30.1 Å². The number of nitrogens with zero attached hydrogens (tertiary/aromatic N) is 1. The van der Waals surface area contributed by atoms with Crippen LogP contribution >= 0.6 is 0 Å². The van der Waals surface area contributed by atoms with Crippen LogP contribution in [0, 0.1) is 5.41 Å². The lowest BCUT2D eigenvalue weighted by molar-refractivity contribution is -0.145. The van der Waals surface area contributed by atoms with Crippen LogP contribution in [-0.2, 0) is 11.2 Å². The van der Waals surface area contributed by atoms with Gasteiger partial charge in [-0.25, -0.2) is 0 Å². The van der Waals surface area contributed by atoms with Gasteiger partial charge in [0, 0.05) is 20.1 Å². The molecule has 98 valence electrons. The van der Waals surface area contributed by atoms with E-state index in [4.69, 9.17) is 5.73 Å². The summed E-state index contributed by atoms with van der Waals surface area (Å²) in [5.74, 6) is 0.229. The number of likely N-dealkylation sites (N-methyl/N-ethyl adjacent to an activating group) is 1. The third kappa shape index (κ3) is 2.56. The molecule has 18 heavy (non-hydrogen) atoms. The minimum atomic E-state index is -0.245. The smallest absolute Gasteiger partial charge is 0.229 e. The van der Waals surface area contributed by atoms with Crippen molar-refractivity contribution in [1.82, 2.24) is 4.90 Å². The monoisotopic (exact) mass is 246 g/mol. The van der Waals surface area contributed by atoms with Gasteiger partial charge in [-0.3, -0.25) is 4.79 Å². The molecule has 0 aromatic heterocycles. The molecule has 1 aliphatic rings. The maximum Gasteiger partial charge on any atom is 0.229 e. The lowest BCUT2D eigenvalue weighted by Gasteiger charge is -2.41. The van der Waals surface area contributed by atoms with E-state index in [0.29, 0.717) is 6.54 Å². The van der Waals surface area contributed by atoms with Gasteiger partial charge in [0.1, 0.15) is 0 Å². The normalized spacial score (nSPS) is 17.0. The van der Waals surface area contributed by atoms with Crippen LogP contribution in [0.4, 0.5) is 0 Å². The number of carbonyl (C=O) groups is 1. The van der Waals surface area contributed by atoms with Crippen molar-refractivity contribution in [2.24, 2.45) is 11.1 Å². The van der Waals surface area contributed by atoms with Crippen molar-refractivity contribution >= 4 is 5.91 Å². The van der Waals surface area contributed by atoms with Crippen molar-refractivity contribution < 1.29 is 4.79 Å². The van der Waals surface area contributed by atoms with Crippen molar-refractivity contribution in [3.05, 3.63) is 35.9 Å². The van der Waals surface area contributed by atoms with Gasteiger partial charge in [-0.2, -0.15) is 0 Å². The van der Waals surface area contributed by atoms with Crippen LogP contribution in [-0.4, -0.2) is 30.9 Å². The Bertz CT molecular complexity index is 393. The third-order valence-electron chi connectivity index (χ3n) is 4.08. The first-order valence-electron chi connectivity index (χ1n) is 6.67. The Morgan fingerprint density at radius 3 is 2.50 bits per heavy atom. The summed E-state index contributed by atoms with van der Waals surface area (Å²) in [6.45, 7) is 1.26. The average Bonchev–Trinajstić information content (AvgIpc) is 2.36. The molecule has 0 unspecified atom stereocenters. The Balaban J connectivity index is 1.88. The summed E-state index contributed by atoms with van der Waals surface area (Å²) in [5, 5.41) is 0. The molecule has 2 N–H and O–H groups in total. The van der Waals surface area contributed by atoms with Crippen LogP contribution in [0.1, 0.15) is 24.8 Å². The fourth-order valence-corrected chi connectivity index (χ4v) is 2.56. The van der Waals surface area contributed by atoms with Crippen LogP contribution in [0.25, 0.3) is 0 Å². The second-order valence-electron chi connectivity index (χ2n) is 5.30. The quantitative estimate of drug-likeness (QED) is 0.861. The Morgan fingerprint density at radius 1 is 1.33 bits per heavy atom. The average molecular weight is 246 g/mol. The largest absolute Gasteiger partial charge is 0.345 e. The zero-order chi connectivity index (χ0) is 13.0. The minimum absolute atomic E-state index is 0.229. The first-order chi connectivity index (χ1) is 8.68. The van der Waals surface area contributed by atoms with Crippen molar-refractivity contribution in [3.8, 4) is 0 Å². The van der Waals surface area contributed by atoms with E-state index in [-0.39, 0.29) is 11.3 Å². The molecule has 1 aromatic carbocycles. The number of carbonyl (C=O) groups excluding carboxylic acids is 1. The number of hydrogen-bond donors (Lipinski definition) is 1. The summed E-state index contributed by atoms with van der Waals surface area (Å²) in [4.78, 5) is 14.2. The van der Waals surface area contributed by atoms with Gasteiger partial charge in [-0.1, -0.05) is 36.8 Å². The molecule has 1 aromatic rings. The molecule has 0 saturated heterocycles. The van der Waals surface area contributed by atoms with Gasteiger partial charge >= 0.3 is 0 Å². The number of amides is 1. The molecule has 3 nitrogen and oxygen atoms in total. The van der Waals surface area contributed by atoms with Gasteiger partial charge in [0.2, 0.25) is 5.91 Å². The van der Waals surface area contributed by atoms with E-state index >= 15 is 0 Å². The van der Waals surface area contributed by atoms with E-state index in [2.05, 4.69) is 12.1 Å². The van der Waals surface area contributed by atoms with Crippen molar-refractivity contribution in [3.63, 3.8) is 0 Å². The summed E-state index contributed by atoms with van der Waals surface area (Å²) in [5.41, 5.74) is 6.79. The van der Waals surface area contributed by atoms with Crippen LogP contribution in [0.2, 0.25) is 0 Å². The summed E-state index contributed by atoms with van der Waals surface area (Å²) < 4.78 is 0. The second-order valence-corrected chi connectivity index (χ2v) is 5.30. The predicted octanol–water partition coefficient (Wildman–Crippen LogP) is 1.82. The van der Waals surface area contributed by atoms with Gasteiger partial charge in [0.25, 0.3) is 0 Å². The Morgan fingerprint density at radius 2 is 2.00 bits per heavy atom. The van der Waals surface area contributed by atoms with Gasteiger partial charge in [-0.05, 0) is 24.8 Å². The van der Waals surface area contributed by atoms with Crippen LogP contribution in [0.3, 0.4) is 0 Å². The fourth-order valence-electron chi connectivity index (χ4n) is 2.56. The van der Waals surface area contributed by atoms with Gasteiger partial charge in [-0.15, -0.1) is 0 Å². The van der Waals surface area contributed by atoms with Crippen LogP contribution in [0.15, 0.2) is 30.3 Å². The summed E-state index contributed by atoms with van der Waals surface area (Å²) in [7, 11) is 1.89. The van der Waals surface area contributed by atoms with E-state index in [1.165, 1.54) is 5.56 Å². The third-order valence-corrected chi connectivity index (χ3v) is 4.08. The van der Waals surface area contributed by atoms with Gasteiger partial charge < -0.3 is 10.6 Å². The van der Waals surface area contributed by atoms with Gasteiger partial charge in [0.15, 0.2) is 0 Å². The lowest BCUT2D eigenvalue weighted by atomic mass is 9.68. The molecule has 1 saturated carbocycles. The number of benzene rings is 1. The standard InChI is InChI=1S/C15H22N2O/c1-17(11-8-13-6-3-2-4-7-13)14(18)15(12-16)9-5-10-15/h2-4,6-7H,5,8-12,16H2,1H3. The van der Waals surface area contributed by atoms with Crippen LogP contribution in [0.5, 0.6) is 0 Å². The first-order valence-corrected chi connectivity index (χ1v) is 6.67. The topological polar surface area (TPSA) is 46.3 Å². The molecular formula is C15H22N2O. The van der Waals surface area contributed by atoms with Crippen molar-refractivity contribution in [1.29, 1.82) is 0 Å². The maximum atomic E-state index is 12.3. The Kier molecular flexibility index (Phi) is 4.02. The van der Waals surface area contributed by atoms with E-state index < -0.39 is 0 Å². The highest BCUT2D eigenvalue weighted by Crippen LogP contribution is 2.41. The molecular weight excluding hydrogens is 224 g/mol.